The first kappa shape index (κ1) is 20.3. The van der Waals surface area contributed by atoms with Gasteiger partial charge in [-0.25, -0.2) is 9.59 Å². The molecule has 144 valence electrons. The number of benzene rings is 2. The monoisotopic (exact) mass is 381 g/mol. The van der Waals surface area contributed by atoms with Gasteiger partial charge in [-0.15, -0.1) is 0 Å². The number of hydrogen-bond donors (Lipinski definition) is 1. The fourth-order valence-corrected chi connectivity index (χ4v) is 2.43. The molecule has 0 bridgehead atoms. The summed E-state index contributed by atoms with van der Waals surface area (Å²) in [7, 11) is 2.41. The molecule has 0 atom stereocenters. The SMILES string of the molecule is COC(=O)c1ccc(NCCc2ccc(C(F)(F)F)cc2)cc1C(=O)OC. The Morgan fingerprint density at radius 2 is 1.52 bits per heavy atom. The normalized spacial score (nSPS) is 11.0. The minimum absolute atomic E-state index is 0.0591. The molecule has 0 aliphatic carbocycles. The molecule has 0 amide bonds. The zero-order chi connectivity index (χ0) is 20.0. The second-order valence-electron chi connectivity index (χ2n) is 5.61. The van der Waals surface area contributed by atoms with Gasteiger partial charge in [-0.05, 0) is 42.3 Å². The Morgan fingerprint density at radius 3 is 2.07 bits per heavy atom. The third-order valence-electron chi connectivity index (χ3n) is 3.85. The largest absolute Gasteiger partial charge is 0.465 e. The Labute approximate surface area is 154 Å². The zero-order valence-corrected chi connectivity index (χ0v) is 14.7. The van der Waals surface area contributed by atoms with Gasteiger partial charge in [-0.3, -0.25) is 0 Å². The third kappa shape index (κ3) is 5.22. The Balaban J connectivity index is 2.05. The molecule has 0 aromatic heterocycles. The summed E-state index contributed by atoms with van der Waals surface area (Å²) in [5.74, 6) is -1.34. The molecule has 5 nitrogen and oxygen atoms in total. The van der Waals surface area contributed by atoms with Gasteiger partial charge in [0.1, 0.15) is 0 Å². The number of rotatable bonds is 6. The smallest absolute Gasteiger partial charge is 0.416 e. The molecule has 0 aliphatic heterocycles. The van der Waals surface area contributed by atoms with E-state index in [0.717, 1.165) is 17.7 Å². The lowest BCUT2D eigenvalue weighted by molar-refractivity contribution is -0.137. The van der Waals surface area contributed by atoms with Crippen molar-refractivity contribution >= 4 is 17.6 Å². The molecular formula is C19H18F3NO4. The molecule has 0 heterocycles. The van der Waals surface area contributed by atoms with Crippen molar-refractivity contribution in [2.75, 3.05) is 26.1 Å². The van der Waals surface area contributed by atoms with Crippen molar-refractivity contribution in [1.29, 1.82) is 0 Å². The van der Waals surface area contributed by atoms with Crippen LogP contribution in [0.5, 0.6) is 0 Å². The average Bonchev–Trinajstić information content (AvgIpc) is 2.66. The van der Waals surface area contributed by atoms with Crippen molar-refractivity contribution in [1.82, 2.24) is 0 Å². The van der Waals surface area contributed by atoms with E-state index in [1.54, 1.807) is 6.07 Å². The fourth-order valence-electron chi connectivity index (χ4n) is 2.43. The van der Waals surface area contributed by atoms with Gasteiger partial charge >= 0.3 is 18.1 Å². The standard InChI is InChI=1S/C19H18F3NO4/c1-26-17(24)15-8-7-14(11-16(15)18(25)27-2)23-10-9-12-3-5-13(6-4-12)19(20,21)22/h3-8,11,23H,9-10H2,1-2H3. The maximum absolute atomic E-state index is 12.6. The number of alkyl halides is 3. The van der Waals surface area contributed by atoms with Crippen LogP contribution in [0.4, 0.5) is 18.9 Å². The lowest BCUT2D eigenvalue weighted by atomic mass is 10.1. The summed E-state index contributed by atoms with van der Waals surface area (Å²) in [6.07, 6.45) is -3.88. The molecule has 2 rings (SSSR count). The van der Waals surface area contributed by atoms with Gasteiger partial charge < -0.3 is 14.8 Å². The van der Waals surface area contributed by atoms with Crippen LogP contribution in [-0.4, -0.2) is 32.7 Å². The Kier molecular flexibility index (Phi) is 6.44. The van der Waals surface area contributed by atoms with Gasteiger partial charge in [-0.2, -0.15) is 13.2 Å². The number of ether oxygens (including phenoxy) is 2. The number of esters is 2. The highest BCUT2D eigenvalue weighted by molar-refractivity contribution is 6.03. The molecule has 0 unspecified atom stereocenters. The van der Waals surface area contributed by atoms with E-state index in [-0.39, 0.29) is 11.1 Å². The second-order valence-corrected chi connectivity index (χ2v) is 5.61. The van der Waals surface area contributed by atoms with E-state index in [2.05, 4.69) is 14.8 Å². The van der Waals surface area contributed by atoms with Gasteiger partial charge in [0.05, 0.1) is 30.9 Å². The molecule has 0 fully saturated rings. The van der Waals surface area contributed by atoms with E-state index >= 15 is 0 Å². The fraction of sp³-hybridized carbons (Fsp3) is 0.263. The van der Waals surface area contributed by atoms with E-state index in [1.165, 1.54) is 38.5 Å². The maximum atomic E-state index is 12.6. The van der Waals surface area contributed by atoms with Crippen LogP contribution in [0.15, 0.2) is 42.5 Å². The molecular weight excluding hydrogens is 363 g/mol. The predicted octanol–water partition coefficient (Wildman–Crippen LogP) is 3.93. The highest BCUT2D eigenvalue weighted by Gasteiger charge is 2.29. The summed E-state index contributed by atoms with van der Waals surface area (Å²) in [6, 6.07) is 9.43. The van der Waals surface area contributed by atoms with Crippen LogP contribution in [0, 0.1) is 0 Å². The van der Waals surface area contributed by atoms with Crippen LogP contribution < -0.4 is 5.32 Å². The average molecular weight is 381 g/mol. The lowest BCUT2D eigenvalue weighted by Crippen LogP contribution is -2.13. The Hall–Kier alpha value is -3.03. The van der Waals surface area contributed by atoms with Crippen LogP contribution in [0.1, 0.15) is 31.8 Å². The quantitative estimate of drug-likeness (QED) is 0.768. The summed E-state index contributed by atoms with van der Waals surface area (Å²) >= 11 is 0. The topological polar surface area (TPSA) is 64.6 Å². The zero-order valence-electron chi connectivity index (χ0n) is 14.7. The summed E-state index contributed by atoms with van der Waals surface area (Å²) < 4.78 is 47.0. The van der Waals surface area contributed by atoms with Gasteiger partial charge in [0, 0.05) is 12.2 Å². The molecule has 0 aliphatic rings. The number of methoxy groups -OCH3 is 2. The summed E-state index contributed by atoms with van der Waals surface area (Å²) in [5.41, 5.74) is 0.742. The van der Waals surface area contributed by atoms with Crippen molar-refractivity contribution in [3.05, 3.63) is 64.7 Å². The van der Waals surface area contributed by atoms with Crippen LogP contribution in [-0.2, 0) is 22.1 Å². The highest BCUT2D eigenvalue weighted by Crippen LogP contribution is 2.29. The number of anilines is 1. The van der Waals surface area contributed by atoms with Gasteiger partial charge in [0.2, 0.25) is 0 Å². The summed E-state index contributed by atoms with van der Waals surface area (Å²) in [6.45, 7) is 0.420. The van der Waals surface area contributed by atoms with Crippen molar-refractivity contribution in [2.45, 2.75) is 12.6 Å². The van der Waals surface area contributed by atoms with Gasteiger partial charge in [0.25, 0.3) is 0 Å². The lowest BCUT2D eigenvalue weighted by Gasteiger charge is -2.11. The number of hydrogen-bond acceptors (Lipinski definition) is 5. The molecule has 2 aromatic rings. The third-order valence-corrected chi connectivity index (χ3v) is 3.85. The van der Waals surface area contributed by atoms with Crippen LogP contribution in [0.3, 0.4) is 0 Å². The van der Waals surface area contributed by atoms with E-state index in [0.29, 0.717) is 18.7 Å². The van der Waals surface area contributed by atoms with Crippen molar-refractivity contribution in [3.63, 3.8) is 0 Å². The number of nitrogens with one attached hydrogen (secondary N) is 1. The van der Waals surface area contributed by atoms with Crippen LogP contribution >= 0.6 is 0 Å². The van der Waals surface area contributed by atoms with E-state index in [9.17, 15) is 22.8 Å². The minimum Gasteiger partial charge on any atom is -0.465 e. The molecule has 0 spiro atoms. The second kappa shape index (κ2) is 8.57. The van der Waals surface area contributed by atoms with E-state index < -0.39 is 23.7 Å². The predicted molar refractivity (Wildman–Crippen MR) is 92.8 cm³/mol. The van der Waals surface area contributed by atoms with Gasteiger partial charge in [0.15, 0.2) is 0 Å². The minimum atomic E-state index is -4.36. The molecule has 1 N–H and O–H groups in total. The van der Waals surface area contributed by atoms with Crippen molar-refractivity contribution in [3.8, 4) is 0 Å². The van der Waals surface area contributed by atoms with Gasteiger partial charge in [-0.1, -0.05) is 12.1 Å². The first-order valence-corrected chi connectivity index (χ1v) is 7.97. The highest BCUT2D eigenvalue weighted by atomic mass is 19.4. The number of carbonyl (C=O) groups excluding carboxylic acids is 2. The van der Waals surface area contributed by atoms with Crippen LogP contribution in [0.2, 0.25) is 0 Å². The number of halogens is 3. The molecule has 0 saturated carbocycles. The molecule has 2 aromatic carbocycles. The Bertz CT molecular complexity index is 817. The van der Waals surface area contributed by atoms with Crippen molar-refractivity contribution in [2.24, 2.45) is 0 Å². The summed E-state index contributed by atoms with van der Waals surface area (Å²) in [4.78, 5) is 23.6. The first-order chi connectivity index (χ1) is 12.8. The van der Waals surface area contributed by atoms with E-state index in [4.69, 9.17) is 0 Å². The first-order valence-electron chi connectivity index (χ1n) is 7.97. The number of carbonyl (C=O) groups is 2. The maximum Gasteiger partial charge on any atom is 0.416 e. The molecule has 27 heavy (non-hydrogen) atoms. The molecule has 0 saturated heterocycles. The molecule has 8 heteroatoms. The van der Waals surface area contributed by atoms with E-state index in [1.807, 2.05) is 0 Å². The Morgan fingerprint density at radius 1 is 0.926 bits per heavy atom. The molecule has 0 radical (unpaired) electrons. The summed E-state index contributed by atoms with van der Waals surface area (Å²) in [5, 5.41) is 3.06. The van der Waals surface area contributed by atoms with Crippen molar-refractivity contribution < 1.29 is 32.2 Å². The van der Waals surface area contributed by atoms with Crippen LogP contribution in [0.25, 0.3) is 0 Å².